The molecular weight excluding hydrogens is 216 g/mol. The van der Waals surface area contributed by atoms with E-state index >= 15 is 0 Å². The van der Waals surface area contributed by atoms with Gasteiger partial charge in [-0.15, -0.1) is 0 Å². The summed E-state index contributed by atoms with van der Waals surface area (Å²) in [6.07, 6.45) is 0. The topological polar surface area (TPSA) is 77.4 Å². The van der Waals surface area contributed by atoms with E-state index in [-0.39, 0.29) is 26.4 Å². The molecule has 0 spiro atoms. The van der Waals surface area contributed by atoms with Crippen LogP contribution in [-0.2, 0) is 18.9 Å². The summed E-state index contributed by atoms with van der Waals surface area (Å²) in [5, 5.41) is 18.4. The molecule has 0 aliphatic carbocycles. The zero-order valence-electron chi connectivity index (χ0n) is 9.77. The van der Waals surface area contributed by atoms with Gasteiger partial charge in [-0.3, -0.25) is 0 Å². The maximum absolute atomic E-state index is 9.21. The number of ether oxygens (including phenoxy) is 4. The van der Waals surface area contributed by atoms with Gasteiger partial charge in [-0.25, -0.2) is 0 Å². The van der Waals surface area contributed by atoms with Crippen LogP contribution in [0.4, 0.5) is 0 Å². The molecule has 6 heteroatoms. The second-order valence-electron chi connectivity index (χ2n) is 3.58. The van der Waals surface area contributed by atoms with Crippen LogP contribution in [0.1, 0.15) is 13.8 Å². The Hall–Kier alpha value is -0.240. The van der Waals surface area contributed by atoms with E-state index < -0.39 is 11.6 Å². The van der Waals surface area contributed by atoms with Crippen molar-refractivity contribution in [2.45, 2.75) is 25.4 Å². The Kier molecular flexibility index (Phi) is 5.10. The third kappa shape index (κ3) is 2.91. The van der Waals surface area contributed by atoms with Crippen LogP contribution in [0.3, 0.4) is 0 Å². The number of aliphatic hydroxyl groups is 2. The van der Waals surface area contributed by atoms with Gasteiger partial charge in [0.1, 0.15) is 13.2 Å². The minimum absolute atomic E-state index is 0.0257. The first-order valence-electron chi connectivity index (χ1n) is 5.43. The van der Waals surface area contributed by atoms with Crippen LogP contribution in [0.15, 0.2) is 0 Å². The predicted octanol–water partition coefficient (Wildman–Crippen LogP) is -0.517. The van der Waals surface area contributed by atoms with Gasteiger partial charge in [-0.2, -0.15) is 0 Å². The maximum atomic E-state index is 9.21. The summed E-state index contributed by atoms with van der Waals surface area (Å²) in [5.41, 5.74) is 0. The third-order valence-electron chi connectivity index (χ3n) is 2.41. The Morgan fingerprint density at radius 1 is 0.938 bits per heavy atom. The Labute approximate surface area is 95.1 Å². The number of aliphatic hydroxyl groups excluding tert-OH is 2. The van der Waals surface area contributed by atoms with Crippen molar-refractivity contribution in [3.05, 3.63) is 0 Å². The van der Waals surface area contributed by atoms with E-state index in [2.05, 4.69) is 0 Å². The highest BCUT2D eigenvalue weighted by atomic mass is 16.8. The van der Waals surface area contributed by atoms with E-state index in [0.717, 1.165) is 0 Å². The molecule has 0 aromatic carbocycles. The second-order valence-corrected chi connectivity index (χ2v) is 3.58. The molecule has 0 aromatic heterocycles. The first-order chi connectivity index (χ1) is 7.66. The lowest BCUT2D eigenvalue weighted by Crippen LogP contribution is -2.59. The van der Waals surface area contributed by atoms with E-state index in [4.69, 9.17) is 18.9 Å². The molecule has 0 radical (unpaired) electrons. The third-order valence-corrected chi connectivity index (χ3v) is 2.41. The quantitative estimate of drug-likeness (QED) is 0.646. The van der Waals surface area contributed by atoms with E-state index in [1.807, 2.05) is 0 Å². The van der Waals surface area contributed by atoms with E-state index in [1.165, 1.54) is 0 Å². The molecule has 96 valence electrons. The zero-order valence-corrected chi connectivity index (χ0v) is 9.77. The van der Waals surface area contributed by atoms with Gasteiger partial charge in [0.2, 0.25) is 11.6 Å². The predicted molar refractivity (Wildman–Crippen MR) is 54.8 cm³/mol. The summed E-state index contributed by atoms with van der Waals surface area (Å²) in [4.78, 5) is 0. The fraction of sp³-hybridized carbons (Fsp3) is 1.00. The van der Waals surface area contributed by atoms with E-state index in [0.29, 0.717) is 13.2 Å². The van der Waals surface area contributed by atoms with Gasteiger partial charge in [0.25, 0.3) is 0 Å². The highest BCUT2D eigenvalue weighted by Gasteiger charge is 2.45. The van der Waals surface area contributed by atoms with E-state index in [1.54, 1.807) is 13.8 Å². The number of hydrogen-bond donors (Lipinski definition) is 2. The van der Waals surface area contributed by atoms with Crippen LogP contribution in [-0.4, -0.2) is 61.4 Å². The summed E-state index contributed by atoms with van der Waals surface area (Å²) >= 11 is 0. The van der Waals surface area contributed by atoms with Gasteiger partial charge >= 0.3 is 0 Å². The standard InChI is InChI=1S/C10H20O6/c1-3-13-9(5-11)7-16-10(6-12,8-15-9)14-4-2/h11-12H,3-8H2,1-2H3/t9-,10-/m1/s1. The van der Waals surface area contributed by atoms with Gasteiger partial charge in [0.05, 0.1) is 13.2 Å². The first-order valence-corrected chi connectivity index (χ1v) is 5.43. The number of hydrogen-bond acceptors (Lipinski definition) is 6. The van der Waals surface area contributed by atoms with Gasteiger partial charge in [0, 0.05) is 13.2 Å². The van der Waals surface area contributed by atoms with Gasteiger partial charge in [-0.05, 0) is 13.8 Å². The van der Waals surface area contributed by atoms with Crippen molar-refractivity contribution in [3.8, 4) is 0 Å². The van der Waals surface area contributed by atoms with Crippen LogP contribution < -0.4 is 0 Å². The average Bonchev–Trinajstić information content (AvgIpc) is 2.33. The molecule has 0 unspecified atom stereocenters. The summed E-state index contributed by atoms with van der Waals surface area (Å²) < 4.78 is 21.5. The molecule has 1 rings (SSSR count). The SMILES string of the molecule is CCO[C@@]1(CO)CO[C@@](CO)(OCC)CO1. The molecule has 1 fully saturated rings. The fourth-order valence-electron chi connectivity index (χ4n) is 1.53. The molecule has 1 aliphatic rings. The van der Waals surface area contributed by atoms with Gasteiger partial charge in [-0.1, -0.05) is 0 Å². The molecule has 0 bridgehead atoms. The summed E-state index contributed by atoms with van der Waals surface area (Å²) in [7, 11) is 0. The lowest BCUT2D eigenvalue weighted by molar-refractivity contribution is -0.395. The summed E-state index contributed by atoms with van der Waals surface area (Å²) in [5.74, 6) is -2.27. The van der Waals surface area contributed by atoms with E-state index in [9.17, 15) is 10.2 Å². The van der Waals surface area contributed by atoms with Crippen molar-refractivity contribution in [3.63, 3.8) is 0 Å². The second kappa shape index (κ2) is 5.90. The molecule has 6 nitrogen and oxygen atoms in total. The van der Waals surface area contributed by atoms with Gasteiger partial charge < -0.3 is 29.2 Å². The van der Waals surface area contributed by atoms with Crippen molar-refractivity contribution in [2.24, 2.45) is 0 Å². The van der Waals surface area contributed by atoms with Crippen molar-refractivity contribution in [2.75, 3.05) is 39.6 Å². The zero-order chi connectivity index (χ0) is 12.1. The molecule has 16 heavy (non-hydrogen) atoms. The fourth-order valence-corrected chi connectivity index (χ4v) is 1.53. The Morgan fingerprint density at radius 3 is 1.50 bits per heavy atom. The molecule has 0 aromatic rings. The van der Waals surface area contributed by atoms with Crippen LogP contribution >= 0.6 is 0 Å². The van der Waals surface area contributed by atoms with Crippen LogP contribution in [0.25, 0.3) is 0 Å². The highest BCUT2D eigenvalue weighted by Crippen LogP contribution is 2.27. The van der Waals surface area contributed by atoms with Crippen LogP contribution in [0.2, 0.25) is 0 Å². The lowest BCUT2D eigenvalue weighted by atomic mass is 10.2. The lowest BCUT2D eigenvalue weighted by Gasteiger charge is -2.43. The molecule has 0 amide bonds. The minimum Gasteiger partial charge on any atom is -0.391 e. The normalized spacial score (nSPS) is 35.2. The van der Waals surface area contributed by atoms with Crippen LogP contribution in [0, 0.1) is 0 Å². The number of rotatable bonds is 6. The Bertz CT molecular complexity index is 177. The molecule has 2 N–H and O–H groups in total. The summed E-state index contributed by atoms with van der Waals surface area (Å²) in [6, 6.07) is 0. The molecule has 1 saturated heterocycles. The minimum atomic E-state index is -1.13. The molecule has 1 aliphatic heterocycles. The van der Waals surface area contributed by atoms with Crippen LogP contribution in [0.5, 0.6) is 0 Å². The molecule has 1 heterocycles. The Balaban J connectivity index is 2.59. The maximum Gasteiger partial charge on any atom is 0.216 e. The van der Waals surface area contributed by atoms with Gasteiger partial charge in [0.15, 0.2) is 0 Å². The smallest absolute Gasteiger partial charge is 0.216 e. The molecule has 2 atom stereocenters. The average molecular weight is 236 g/mol. The van der Waals surface area contributed by atoms with Crippen molar-refractivity contribution < 1.29 is 29.2 Å². The van der Waals surface area contributed by atoms with Crippen molar-refractivity contribution >= 4 is 0 Å². The van der Waals surface area contributed by atoms with Crippen molar-refractivity contribution in [1.29, 1.82) is 0 Å². The monoisotopic (exact) mass is 236 g/mol. The highest BCUT2D eigenvalue weighted by molar-refractivity contribution is 4.80. The molecular formula is C10H20O6. The first kappa shape index (κ1) is 13.8. The Morgan fingerprint density at radius 2 is 1.31 bits per heavy atom. The molecule has 0 saturated carbocycles. The van der Waals surface area contributed by atoms with Crippen molar-refractivity contribution in [1.82, 2.24) is 0 Å². The largest absolute Gasteiger partial charge is 0.391 e. The summed E-state index contributed by atoms with van der Waals surface area (Å²) in [6.45, 7) is 3.88.